The van der Waals surface area contributed by atoms with Crippen molar-refractivity contribution in [3.63, 3.8) is 0 Å². The Morgan fingerprint density at radius 1 is 1.00 bits per heavy atom. The SMILES string of the molecule is Fc1ccc(COc2ccc(C=NNc3ccccn3)cc2)cc1. The molecule has 0 amide bonds. The number of nitrogens with zero attached hydrogens (tertiary/aromatic N) is 2. The Kier molecular flexibility index (Phi) is 5.14. The van der Waals surface area contributed by atoms with Crippen LogP contribution in [0.1, 0.15) is 11.1 Å². The van der Waals surface area contributed by atoms with Gasteiger partial charge in [-0.05, 0) is 59.7 Å². The van der Waals surface area contributed by atoms with Crippen molar-refractivity contribution in [1.29, 1.82) is 0 Å². The van der Waals surface area contributed by atoms with Gasteiger partial charge in [-0.15, -0.1) is 0 Å². The zero-order valence-corrected chi connectivity index (χ0v) is 12.9. The second kappa shape index (κ2) is 7.87. The lowest BCUT2D eigenvalue weighted by Crippen LogP contribution is -1.96. The Morgan fingerprint density at radius 3 is 2.50 bits per heavy atom. The van der Waals surface area contributed by atoms with Gasteiger partial charge in [-0.2, -0.15) is 5.10 Å². The third kappa shape index (κ3) is 4.64. The molecule has 0 atom stereocenters. The zero-order valence-electron chi connectivity index (χ0n) is 12.9. The van der Waals surface area contributed by atoms with E-state index >= 15 is 0 Å². The van der Waals surface area contributed by atoms with Crippen LogP contribution < -0.4 is 10.2 Å². The predicted octanol–water partition coefficient (Wildman–Crippen LogP) is 4.25. The minimum absolute atomic E-state index is 0.248. The van der Waals surface area contributed by atoms with Crippen molar-refractivity contribution >= 4 is 12.0 Å². The molecule has 3 aromatic rings. The van der Waals surface area contributed by atoms with E-state index in [1.54, 1.807) is 24.5 Å². The number of ether oxygens (including phenoxy) is 1. The number of aromatic nitrogens is 1. The molecule has 0 unspecified atom stereocenters. The molecule has 0 aliphatic rings. The molecule has 0 fully saturated rings. The number of halogens is 1. The van der Waals surface area contributed by atoms with Crippen LogP contribution in [-0.2, 0) is 6.61 Å². The molecule has 0 aliphatic heterocycles. The van der Waals surface area contributed by atoms with Crippen molar-refractivity contribution < 1.29 is 9.13 Å². The van der Waals surface area contributed by atoms with Crippen molar-refractivity contribution in [2.75, 3.05) is 5.43 Å². The molecule has 4 nitrogen and oxygen atoms in total. The van der Waals surface area contributed by atoms with E-state index in [-0.39, 0.29) is 5.82 Å². The average Bonchev–Trinajstić information content (AvgIpc) is 2.63. The molecule has 1 heterocycles. The van der Waals surface area contributed by atoms with Crippen LogP contribution in [-0.4, -0.2) is 11.2 Å². The molecule has 0 saturated carbocycles. The molecule has 0 saturated heterocycles. The van der Waals surface area contributed by atoms with E-state index in [1.807, 2.05) is 42.5 Å². The Hall–Kier alpha value is -3.21. The van der Waals surface area contributed by atoms with Crippen molar-refractivity contribution in [1.82, 2.24) is 4.98 Å². The fourth-order valence-electron chi connectivity index (χ4n) is 2.00. The summed E-state index contributed by atoms with van der Waals surface area (Å²) in [6.45, 7) is 0.398. The van der Waals surface area contributed by atoms with E-state index in [0.717, 1.165) is 16.9 Å². The molecule has 120 valence electrons. The van der Waals surface area contributed by atoms with E-state index in [4.69, 9.17) is 4.74 Å². The van der Waals surface area contributed by atoms with E-state index in [0.29, 0.717) is 12.4 Å². The first-order valence-corrected chi connectivity index (χ1v) is 7.47. The lowest BCUT2D eigenvalue weighted by molar-refractivity contribution is 0.306. The Bertz CT molecular complexity index is 787. The first-order valence-electron chi connectivity index (χ1n) is 7.47. The summed E-state index contributed by atoms with van der Waals surface area (Å²) in [7, 11) is 0. The highest BCUT2D eigenvalue weighted by Crippen LogP contribution is 2.14. The summed E-state index contributed by atoms with van der Waals surface area (Å²) in [4.78, 5) is 4.11. The predicted molar refractivity (Wildman–Crippen MR) is 92.6 cm³/mol. The molecule has 3 rings (SSSR count). The van der Waals surface area contributed by atoms with Crippen LogP contribution in [0.3, 0.4) is 0 Å². The molecule has 5 heteroatoms. The van der Waals surface area contributed by atoms with Gasteiger partial charge in [0, 0.05) is 6.20 Å². The summed E-state index contributed by atoms with van der Waals surface area (Å²) in [5.41, 5.74) is 4.71. The fourth-order valence-corrected chi connectivity index (χ4v) is 2.00. The van der Waals surface area contributed by atoms with E-state index in [1.165, 1.54) is 12.1 Å². The second-order valence-corrected chi connectivity index (χ2v) is 5.07. The van der Waals surface area contributed by atoms with Crippen molar-refractivity contribution in [3.05, 3.63) is 89.9 Å². The van der Waals surface area contributed by atoms with Crippen LogP contribution in [0.15, 0.2) is 78.0 Å². The van der Waals surface area contributed by atoms with Crippen LogP contribution in [0.5, 0.6) is 5.75 Å². The maximum absolute atomic E-state index is 12.8. The van der Waals surface area contributed by atoms with Gasteiger partial charge in [0.15, 0.2) is 0 Å². The van der Waals surface area contributed by atoms with Crippen LogP contribution >= 0.6 is 0 Å². The number of anilines is 1. The number of hydrazone groups is 1. The molecule has 0 spiro atoms. The monoisotopic (exact) mass is 321 g/mol. The highest BCUT2D eigenvalue weighted by molar-refractivity contribution is 5.80. The highest BCUT2D eigenvalue weighted by atomic mass is 19.1. The maximum Gasteiger partial charge on any atom is 0.146 e. The number of nitrogens with one attached hydrogen (secondary N) is 1. The molecule has 2 aromatic carbocycles. The largest absolute Gasteiger partial charge is 0.489 e. The minimum atomic E-state index is -0.248. The van der Waals surface area contributed by atoms with Gasteiger partial charge in [0.2, 0.25) is 0 Å². The Balaban J connectivity index is 1.52. The van der Waals surface area contributed by atoms with Gasteiger partial charge in [0.1, 0.15) is 24.0 Å². The zero-order chi connectivity index (χ0) is 16.6. The Labute approximate surface area is 139 Å². The van der Waals surface area contributed by atoms with Gasteiger partial charge in [-0.1, -0.05) is 18.2 Å². The topological polar surface area (TPSA) is 46.5 Å². The standard InChI is InChI=1S/C19H16FN3O/c20-17-8-4-16(5-9-17)14-24-18-10-6-15(7-11-18)13-22-23-19-3-1-2-12-21-19/h1-13H,14H2,(H,21,23). The van der Waals surface area contributed by atoms with Crippen LogP contribution in [0.2, 0.25) is 0 Å². The van der Waals surface area contributed by atoms with Crippen LogP contribution in [0.25, 0.3) is 0 Å². The lowest BCUT2D eigenvalue weighted by atomic mass is 10.2. The quantitative estimate of drug-likeness (QED) is 0.545. The van der Waals surface area contributed by atoms with Crippen LogP contribution in [0, 0.1) is 5.82 Å². The Morgan fingerprint density at radius 2 is 1.79 bits per heavy atom. The molecule has 0 bridgehead atoms. The maximum atomic E-state index is 12.8. The molecule has 1 aromatic heterocycles. The summed E-state index contributed by atoms with van der Waals surface area (Å²) in [6.07, 6.45) is 3.41. The smallest absolute Gasteiger partial charge is 0.146 e. The van der Waals surface area contributed by atoms with Gasteiger partial charge in [-0.3, -0.25) is 5.43 Å². The third-order valence-electron chi connectivity index (χ3n) is 3.26. The van der Waals surface area contributed by atoms with Crippen molar-refractivity contribution in [2.45, 2.75) is 6.61 Å². The molecule has 1 N–H and O–H groups in total. The van der Waals surface area contributed by atoms with E-state index in [9.17, 15) is 4.39 Å². The fraction of sp³-hybridized carbons (Fsp3) is 0.0526. The van der Waals surface area contributed by atoms with Crippen molar-refractivity contribution in [2.24, 2.45) is 5.10 Å². The summed E-state index contributed by atoms with van der Waals surface area (Å²) in [6, 6.07) is 19.4. The minimum Gasteiger partial charge on any atom is -0.489 e. The van der Waals surface area contributed by atoms with Gasteiger partial charge in [0.05, 0.1) is 6.21 Å². The summed E-state index contributed by atoms with van der Waals surface area (Å²) < 4.78 is 18.5. The lowest BCUT2D eigenvalue weighted by Gasteiger charge is -2.06. The summed E-state index contributed by atoms with van der Waals surface area (Å²) in [5, 5.41) is 4.13. The number of pyridine rings is 1. The number of benzene rings is 2. The number of rotatable bonds is 6. The summed E-state index contributed by atoms with van der Waals surface area (Å²) in [5.74, 6) is 1.18. The molecular formula is C19H16FN3O. The molecule has 24 heavy (non-hydrogen) atoms. The average molecular weight is 321 g/mol. The molecule has 0 radical (unpaired) electrons. The van der Waals surface area contributed by atoms with Gasteiger partial charge in [0.25, 0.3) is 0 Å². The van der Waals surface area contributed by atoms with Gasteiger partial charge in [-0.25, -0.2) is 9.37 Å². The van der Waals surface area contributed by atoms with Gasteiger partial charge >= 0.3 is 0 Å². The number of hydrogen-bond acceptors (Lipinski definition) is 4. The highest BCUT2D eigenvalue weighted by Gasteiger charge is 1.97. The summed E-state index contributed by atoms with van der Waals surface area (Å²) >= 11 is 0. The molecular weight excluding hydrogens is 305 g/mol. The van der Waals surface area contributed by atoms with E-state index in [2.05, 4.69) is 15.5 Å². The van der Waals surface area contributed by atoms with Crippen LogP contribution in [0.4, 0.5) is 10.2 Å². The van der Waals surface area contributed by atoms with E-state index < -0.39 is 0 Å². The second-order valence-electron chi connectivity index (χ2n) is 5.07. The van der Waals surface area contributed by atoms with Crippen molar-refractivity contribution in [3.8, 4) is 5.75 Å². The first kappa shape index (κ1) is 15.7. The first-order chi connectivity index (χ1) is 11.8. The third-order valence-corrected chi connectivity index (χ3v) is 3.26. The number of hydrogen-bond donors (Lipinski definition) is 1. The normalized spacial score (nSPS) is 10.7. The van der Waals surface area contributed by atoms with Gasteiger partial charge < -0.3 is 4.74 Å². The molecule has 0 aliphatic carbocycles.